The van der Waals surface area contributed by atoms with Crippen molar-refractivity contribution < 1.29 is 19.0 Å². The molecule has 2 aromatic rings. The SMILES string of the molecule is COc1cc(OC)c(OC)cc1/C=C1\N=C(c2cccc(C)c2)NC1=O. The average molecular weight is 352 g/mol. The molecule has 0 unspecified atom stereocenters. The highest BCUT2D eigenvalue weighted by Gasteiger charge is 2.22. The number of ether oxygens (including phenoxy) is 3. The smallest absolute Gasteiger partial charge is 0.275 e. The van der Waals surface area contributed by atoms with Gasteiger partial charge in [-0.15, -0.1) is 0 Å². The van der Waals surface area contributed by atoms with E-state index in [9.17, 15) is 4.79 Å². The number of aryl methyl sites for hydroxylation is 1. The van der Waals surface area contributed by atoms with Gasteiger partial charge in [-0.1, -0.05) is 23.8 Å². The van der Waals surface area contributed by atoms with Crippen molar-refractivity contribution in [2.75, 3.05) is 21.3 Å². The summed E-state index contributed by atoms with van der Waals surface area (Å²) in [4.78, 5) is 16.8. The number of carbonyl (C=O) groups excluding carboxylic acids is 1. The lowest BCUT2D eigenvalue weighted by atomic mass is 10.1. The van der Waals surface area contributed by atoms with Crippen molar-refractivity contribution >= 4 is 17.8 Å². The molecule has 134 valence electrons. The average Bonchev–Trinajstić information content (AvgIpc) is 3.02. The van der Waals surface area contributed by atoms with Crippen molar-refractivity contribution in [3.63, 3.8) is 0 Å². The predicted octanol–water partition coefficient (Wildman–Crippen LogP) is 2.94. The lowest BCUT2D eigenvalue weighted by Gasteiger charge is -2.12. The molecule has 1 aliphatic heterocycles. The molecule has 26 heavy (non-hydrogen) atoms. The molecule has 0 saturated carbocycles. The Morgan fingerprint density at radius 1 is 0.962 bits per heavy atom. The molecule has 1 N–H and O–H groups in total. The molecule has 1 heterocycles. The van der Waals surface area contributed by atoms with Crippen LogP contribution in [-0.4, -0.2) is 33.1 Å². The third kappa shape index (κ3) is 3.39. The highest BCUT2D eigenvalue weighted by Crippen LogP contribution is 2.36. The van der Waals surface area contributed by atoms with Gasteiger partial charge in [0.2, 0.25) is 0 Å². The minimum Gasteiger partial charge on any atom is -0.496 e. The largest absolute Gasteiger partial charge is 0.496 e. The number of benzene rings is 2. The summed E-state index contributed by atoms with van der Waals surface area (Å²) in [5.41, 5.74) is 2.93. The monoisotopic (exact) mass is 352 g/mol. The Hall–Kier alpha value is -3.28. The van der Waals surface area contributed by atoms with Crippen molar-refractivity contribution in [3.05, 3.63) is 58.8 Å². The highest BCUT2D eigenvalue weighted by molar-refractivity contribution is 6.19. The number of rotatable bonds is 5. The van der Waals surface area contributed by atoms with Crippen LogP contribution in [0.4, 0.5) is 0 Å². The molecule has 2 aromatic carbocycles. The maximum absolute atomic E-state index is 12.3. The number of hydrogen-bond acceptors (Lipinski definition) is 5. The van der Waals surface area contributed by atoms with E-state index in [1.807, 2.05) is 31.2 Å². The number of amides is 1. The number of methoxy groups -OCH3 is 3. The number of nitrogens with one attached hydrogen (secondary N) is 1. The van der Waals surface area contributed by atoms with E-state index in [2.05, 4.69) is 10.3 Å². The minimum absolute atomic E-state index is 0.265. The van der Waals surface area contributed by atoms with Crippen LogP contribution in [0, 0.1) is 6.92 Å². The summed E-state index contributed by atoms with van der Waals surface area (Å²) in [5, 5.41) is 2.80. The normalized spacial score (nSPS) is 14.8. The van der Waals surface area contributed by atoms with E-state index in [4.69, 9.17) is 14.2 Å². The van der Waals surface area contributed by atoms with Crippen molar-refractivity contribution in [2.45, 2.75) is 6.92 Å². The first-order valence-corrected chi connectivity index (χ1v) is 8.04. The van der Waals surface area contributed by atoms with Gasteiger partial charge in [-0.05, 0) is 25.1 Å². The van der Waals surface area contributed by atoms with E-state index in [1.54, 1.807) is 39.5 Å². The van der Waals surface area contributed by atoms with Gasteiger partial charge in [0.15, 0.2) is 11.5 Å². The van der Waals surface area contributed by atoms with Gasteiger partial charge in [0, 0.05) is 17.2 Å². The minimum atomic E-state index is -0.265. The van der Waals surface area contributed by atoms with Gasteiger partial charge in [0.25, 0.3) is 5.91 Å². The zero-order chi connectivity index (χ0) is 18.7. The Balaban J connectivity index is 2.03. The van der Waals surface area contributed by atoms with Crippen LogP contribution in [0.25, 0.3) is 6.08 Å². The maximum atomic E-state index is 12.3. The summed E-state index contributed by atoms with van der Waals surface area (Å²) < 4.78 is 16.0. The Morgan fingerprint density at radius 2 is 1.65 bits per heavy atom. The number of aliphatic imine (C=N–C) groups is 1. The molecule has 0 bridgehead atoms. The van der Waals surface area contributed by atoms with Gasteiger partial charge in [-0.3, -0.25) is 4.79 Å². The van der Waals surface area contributed by atoms with Crippen LogP contribution in [0.2, 0.25) is 0 Å². The predicted molar refractivity (Wildman–Crippen MR) is 99.9 cm³/mol. The standard InChI is InChI=1S/C20H20N2O4/c1-12-6-5-7-13(8-12)19-21-15(20(23)22-19)9-14-10-17(25-3)18(26-4)11-16(14)24-2/h5-11H,1-4H3,(H,21,22,23)/b15-9-. The van der Waals surface area contributed by atoms with E-state index in [1.165, 1.54) is 0 Å². The van der Waals surface area contributed by atoms with Crippen molar-refractivity contribution in [2.24, 2.45) is 4.99 Å². The summed E-state index contributed by atoms with van der Waals surface area (Å²) in [5.74, 6) is 1.91. The van der Waals surface area contributed by atoms with Crippen molar-refractivity contribution in [1.82, 2.24) is 5.32 Å². The fourth-order valence-corrected chi connectivity index (χ4v) is 2.71. The summed E-state index contributed by atoms with van der Waals surface area (Å²) in [6.07, 6.45) is 1.67. The molecule has 1 amide bonds. The summed E-state index contributed by atoms with van der Waals surface area (Å²) in [6, 6.07) is 11.3. The van der Waals surface area contributed by atoms with Crippen LogP contribution < -0.4 is 19.5 Å². The number of carbonyl (C=O) groups is 1. The molecule has 0 aromatic heterocycles. The topological polar surface area (TPSA) is 69.2 Å². The number of nitrogens with zero attached hydrogens (tertiary/aromatic N) is 1. The van der Waals surface area contributed by atoms with Crippen LogP contribution >= 0.6 is 0 Å². The second-order valence-electron chi connectivity index (χ2n) is 5.76. The zero-order valence-electron chi connectivity index (χ0n) is 15.1. The van der Waals surface area contributed by atoms with Crippen LogP contribution in [-0.2, 0) is 4.79 Å². The Kier molecular flexibility index (Phi) is 4.93. The maximum Gasteiger partial charge on any atom is 0.275 e. The van der Waals surface area contributed by atoms with Gasteiger partial charge in [-0.2, -0.15) is 0 Å². The molecule has 0 aliphatic carbocycles. The molecule has 3 rings (SSSR count). The van der Waals surface area contributed by atoms with Crippen LogP contribution in [0.3, 0.4) is 0 Å². The highest BCUT2D eigenvalue weighted by atomic mass is 16.5. The quantitative estimate of drug-likeness (QED) is 0.840. The van der Waals surface area contributed by atoms with Gasteiger partial charge in [0.05, 0.1) is 21.3 Å². The summed E-state index contributed by atoms with van der Waals surface area (Å²) >= 11 is 0. The third-order valence-corrected chi connectivity index (χ3v) is 4.02. The molecule has 0 radical (unpaired) electrons. The molecule has 6 nitrogen and oxygen atoms in total. The second kappa shape index (κ2) is 7.31. The molecular formula is C20H20N2O4. The van der Waals surface area contributed by atoms with Crippen molar-refractivity contribution in [3.8, 4) is 17.2 Å². The molecule has 0 fully saturated rings. The summed E-state index contributed by atoms with van der Waals surface area (Å²) in [7, 11) is 4.66. The number of hydrogen-bond donors (Lipinski definition) is 1. The first-order chi connectivity index (χ1) is 12.5. The van der Waals surface area contributed by atoms with Crippen LogP contribution in [0.5, 0.6) is 17.2 Å². The van der Waals surface area contributed by atoms with E-state index in [-0.39, 0.29) is 5.91 Å². The Morgan fingerprint density at radius 3 is 2.31 bits per heavy atom. The van der Waals surface area contributed by atoms with E-state index < -0.39 is 0 Å². The molecular weight excluding hydrogens is 332 g/mol. The fourth-order valence-electron chi connectivity index (χ4n) is 2.71. The van der Waals surface area contributed by atoms with E-state index >= 15 is 0 Å². The molecule has 0 atom stereocenters. The molecule has 0 saturated heterocycles. The van der Waals surface area contributed by atoms with Crippen LogP contribution in [0.15, 0.2) is 47.1 Å². The van der Waals surface area contributed by atoms with E-state index in [0.717, 1.165) is 11.1 Å². The summed E-state index contributed by atoms with van der Waals surface area (Å²) in [6.45, 7) is 1.99. The van der Waals surface area contributed by atoms with Crippen molar-refractivity contribution in [1.29, 1.82) is 0 Å². The van der Waals surface area contributed by atoms with Gasteiger partial charge < -0.3 is 19.5 Å². The number of amidine groups is 1. The first-order valence-electron chi connectivity index (χ1n) is 8.04. The third-order valence-electron chi connectivity index (χ3n) is 4.02. The zero-order valence-corrected chi connectivity index (χ0v) is 15.1. The fraction of sp³-hybridized carbons (Fsp3) is 0.200. The lowest BCUT2D eigenvalue weighted by Crippen LogP contribution is -2.24. The Labute approximate surface area is 152 Å². The van der Waals surface area contributed by atoms with Crippen LogP contribution in [0.1, 0.15) is 16.7 Å². The molecule has 1 aliphatic rings. The molecule has 0 spiro atoms. The van der Waals surface area contributed by atoms with E-state index in [0.29, 0.717) is 34.3 Å². The second-order valence-corrected chi connectivity index (χ2v) is 5.76. The lowest BCUT2D eigenvalue weighted by molar-refractivity contribution is -0.115. The first kappa shape index (κ1) is 17.5. The van der Waals surface area contributed by atoms with Gasteiger partial charge >= 0.3 is 0 Å². The Bertz CT molecular complexity index is 916. The van der Waals surface area contributed by atoms with Gasteiger partial charge in [0.1, 0.15) is 17.3 Å². The molecule has 6 heteroatoms. The van der Waals surface area contributed by atoms with Gasteiger partial charge in [-0.25, -0.2) is 4.99 Å².